The molecule has 0 aliphatic carbocycles. The van der Waals surface area contributed by atoms with Gasteiger partial charge in [-0.2, -0.15) is 5.26 Å². The second-order valence-corrected chi connectivity index (χ2v) is 4.18. The quantitative estimate of drug-likeness (QED) is 0.871. The lowest BCUT2D eigenvalue weighted by molar-refractivity contribution is -0.136. The molecule has 0 fully saturated rings. The van der Waals surface area contributed by atoms with Gasteiger partial charge in [-0.15, -0.1) is 0 Å². The fraction of sp³-hybridized carbons (Fsp3) is 0.273. The Bertz CT molecular complexity index is 435. The van der Waals surface area contributed by atoms with Crippen molar-refractivity contribution in [2.24, 2.45) is 0 Å². The van der Waals surface area contributed by atoms with Gasteiger partial charge in [-0.3, -0.25) is 4.79 Å². The highest BCUT2D eigenvalue weighted by atomic mass is 127. The van der Waals surface area contributed by atoms with Crippen LogP contribution in [0.3, 0.4) is 0 Å². The number of carboxylic acid groups (broad SMARTS) is 1. The van der Waals surface area contributed by atoms with Gasteiger partial charge in [0.25, 0.3) is 0 Å². The van der Waals surface area contributed by atoms with E-state index in [0.29, 0.717) is 11.1 Å². The summed E-state index contributed by atoms with van der Waals surface area (Å²) in [7, 11) is 0. The first-order valence-corrected chi connectivity index (χ1v) is 5.60. The summed E-state index contributed by atoms with van der Waals surface area (Å²) < 4.78 is 0.900. The fourth-order valence-corrected chi connectivity index (χ4v) is 2.41. The second-order valence-electron chi connectivity index (χ2n) is 3.10. The first kappa shape index (κ1) is 12.0. The monoisotopic (exact) mass is 315 g/mol. The van der Waals surface area contributed by atoms with Crippen LogP contribution in [0.25, 0.3) is 0 Å². The third kappa shape index (κ3) is 2.69. The van der Waals surface area contributed by atoms with Crippen LogP contribution in [0, 0.1) is 14.9 Å². The van der Waals surface area contributed by atoms with Crippen molar-refractivity contribution in [3.63, 3.8) is 0 Å². The van der Waals surface area contributed by atoms with Gasteiger partial charge in [-0.05, 0) is 46.2 Å². The number of nitrogens with zero attached hydrogens (tertiary/aromatic N) is 1. The number of benzene rings is 1. The SMILES string of the molecule is CCc1ccc(C#N)c(CC(=O)O)c1I. The third-order valence-electron chi connectivity index (χ3n) is 2.15. The molecule has 0 saturated heterocycles. The van der Waals surface area contributed by atoms with E-state index in [1.54, 1.807) is 6.07 Å². The van der Waals surface area contributed by atoms with Gasteiger partial charge >= 0.3 is 5.97 Å². The number of aryl methyl sites for hydroxylation is 1. The topological polar surface area (TPSA) is 61.1 Å². The van der Waals surface area contributed by atoms with Crippen molar-refractivity contribution in [2.75, 3.05) is 0 Å². The largest absolute Gasteiger partial charge is 0.481 e. The average Bonchev–Trinajstić information content (AvgIpc) is 2.20. The first-order valence-electron chi connectivity index (χ1n) is 4.52. The van der Waals surface area contributed by atoms with Crippen LogP contribution in [0.2, 0.25) is 0 Å². The Morgan fingerprint density at radius 1 is 1.60 bits per heavy atom. The van der Waals surface area contributed by atoms with Crippen LogP contribution in [0.15, 0.2) is 12.1 Å². The molecule has 4 heteroatoms. The average molecular weight is 315 g/mol. The van der Waals surface area contributed by atoms with Crippen molar-refractivity contribution in [1.82, 2.24) is 0 Å². The minimum atomic E-state index is -0.905. The zero-order chi connectivity index (χ0) is 11.4. The van der Waals surface area contributed by atoms with Gasteiger partial charge in [-0.1, -0.05) is 13.0 Å². The predicted molar refractivity (Wildman–Crippen MR) is 64.6 cm³/mol. The summed E-state index contributed by atoms with van der Waals surface area (Å²) >= 11 is 2.11. The molecule has 0 aromatic heterocycles. The van der Waals surface area contributed by atoms with Crippen LogP contribution in [0.4, 0.5) is 0 Å². The third-order valence-corrected chi connectivity index (χ3v) is 3.50. The maximum absolute atomic E-state index is 10.7. The lowest BCUT2D eigenvalue weighted by Gasteiger charge is -2.08. The van der Waals surface area contributed by atoms with Gasteiger partial charge in [-0.25, -0.2) is 0 Å². The van der Waals surface area contributed by atoms with Gasteiger partial charge in [0, 0.05) is 3.57 Å². The molecule has 78 valence electrons. The molecule has 3 nitrogen and oxygen atoms in total. The Kier molecular flexibility index (Phi) is 4.09. The lowest BCUT2D eigenvalue weighted by atomic mass is 10.0. The van der Waals surface area contributed by atoms with E-state index in [1.807, 2.05) is 19.1 Å². The molecular weight excluding hydrogens is 305 g/mol. The molecule has 0 atom stereocenters. The van der Waals surface area contributed by atoms with Crippen LogP contribution < -0.4 is 0 Å². The van der Waals surface area contributed by atoms with Crippen LogP contribution in [-0.2, 0) is 17.6 Å². The number of hydrogen-bond acceptors (Lipinski definition) is 2. The Balaban J connectivity index is 3.30. The number of carbonyl (C=O) groups is 1. The summed E-state index contributed by atoms with van der Waals surface area (Å²) in [6.07, 6.45) is 0.756. The van der Waals surface area contributed by atoms with E-state index in [-0.39, 0.29) is 6.42 Å². The van der Waals surface area contributed by atoms with Crippen molar-refractivity contribution in [1.29, 1.82) is 5.26 Å². The molecule has 0 spiro atoms. The van der Waals surface area contributed by atoms with Crippen LogP contribution >= 0.6 is 22.6 Å². The van der Waals surface area contributed by atoms with Crippen molar-refractivity contribution in [3.8, 4) is 6.07 Å². The van der Waals surface area contributed by atoms with Crippen LogP contribution in [-0.4, -0.2) is 11.1 Å². The molecule has 0 amide bonds. The highest BCUT2D eigenvalue weighted by Gasteiger charge is 2.13. The molecule has 0 bridgehead atoms. The fourth-order valence-electron chi connectivity index (χ4n) is 1.37. The molecule has 0 aliphatic heterocycles. The Hall–Kier alpha value is -1.09. The molecule has 1 aromatic carbocycles. The number of halogens is 1. The Morgan fingerprint density at radius 2 is 2.27 bits per heavy atom. The van der Waals surface area contributed by atoms with Crippen molar-refractivity contribution in [2.45, 2.75) is 19.8 Å². The molecule has 1 rings (SSSR count). The molecule has 0 heterocycles. The maximum atomic E-state index is 10.7. The van der Waals surface area contributed by atoms with Gasteiger partial charge in [0.1, 0.15) is 0 Å². The van der Waals surface area contributed by atoms with Crippen molar-refractivity contribution >= 4 is 28.6 Å². The Labute approximate surface area is 102 Å². The molecule has 0 aliphatic rings. The van der Waals surface area contributed by atoms with Crippen molar-refractivity contribution in [3.05, 3.63) is 32.4 Å². The number of carboxylic acids is 1. The van der Waals surface area contributed by atoms with E-state index >= 15 is 0 Å². The first-order chi connectivity index (χ1) is 7.10. The van der Waals surface area contributed by atoms with E-state index < -0.39 is 5.97 Å². The van der Waals surface area contributed by atoms with Gasteiger partial charge in [0.2, 0.25) is 0 Å². The number of aliphatic carboxylic acids is 1. The highest BCUT2D eigenvalue weighted by molar-refractivity contribution is 14.1. The summed E-state index contributed by atoms with van der Waals surface area (Å²) in [5, 5.41) is 17.6. The second kappa shape index (κ2) is 5.12. The summed E-state index contributed by atoms with van der Waals surface area (Å²) in [5.41, 5.74) is 2.18. The number of nitriles is 1. The van der Waals surface area contributed by atoms with E-state index in [1.165, 1.54) is 0 Å². The number of rotatable bonds is 3. The van der Waals surface area contributed by atoms with E-state index in [2.05, 4.69) is 22.6 Å². The van der Waals surface area contributed by atoms with E-state index in [9.17, 15) is 4.79 Å². The minimum absolute atomic E-state index is 0.0883. The van der Waals surface area contributed by atoms with Gasteiger partial charge in [0.15, 0.2) is 0 Å². The smallest absolute Gasteiger partial charge is 0.307 e. The van der Waals surface area contributed by atoms with Gasteiger partial charge < -0.3 is 5.11 Å². The number of hydrogen-bond donors (Lipinski definition) is 1. The standard InChI is InChI=1S/C11H10INO2/c1-2-7-3-4-8(6-13)9(11(7)12)5-10(14)15/h3-4H,2,5H2,1H3,(H,14,15). The summed E-state index contributed by atoms with van der Waals surface area (Å²) in [5.74, 6) is -0.905. The zero-order valence-electron chi connectivity index (χ0n) is 8.25. The summed E-state index contributed by atoms with van der Waals surface area (Å²) in [6.45, 7) is 2.01. The molecular formula is C11H10INO2. The summed E-state index contributed by atoms with van der Waals surface area (Å²) in [6, 6.07) is 5.60. The molecule has 0 saturated carbocycles. The highest BCUT2D eigenvalue weighted by Crippen LogP contribution is 2.22. The van der Waals surface area contributed by atoms with Crippen molar-refractivity contribution < 1.29 is 9.90 Å². The van der Waals surface area contributed by atoms with Crippen LogP contribution in [0.1, 0.15) is 23.6 Å². The van der Waals surface area contributed by atoms with E-state index in [4.69, 9.17) is 10.4 Å². The normalized spacial score (nSPS) is 9.67. The lowest BCUT2D eigenvalue weighted by Crippen LogP contribution is -2.06. The zero-order valence-corrected chi connectivity index (χ0v) is 10.4. The van der Waals surface area contributed by atoms with E-state index in [0.717, 1.165) is 15.6 Å². The van der Waals surface area contributed by atoms with Gasteiger partial charge in [0.05, 0.1) is 18.1 Å². The minimum Gasteiger partial charge on any atom is -0.481 e. The molecule has 1 aromatic rings. The predicted octanol–water partition coefficient (Wildman–Crippen LogP) is 2.35. The molecule has 1 N–H and O–H groups in total. The van der Waals surface area contributed by atoms with Crippen LogP contribution in [0.5, 0.6) is 0 Å². The maximum Gasteiger partial charge on any atom is 0.307 e. The molecule has 15 heavy (non-hydrogen) atoms. The Morgan fingerprint density at radius 3 is 2.73 bits per heavy atom. The molecule has 0 unspecified atom stereocenters. The summed E-state index contributed by atoms with van der Waals surface area (Å²) in [4.78, 5) is 10.7. The molecule has 0 radical (unpaired) electrons.